The summed E-state index contributed by atoms with van der Waals surface area (Å²) < 4.78 is 13.6. The zero-order valence-electron chi connectivity index (χ0n) is 7.50. The van der Waals surface area contributed by atoms with E-state index in [4.69, 9.17) is 0 Å². The molecule has 0 aliphatic heterocycles. The van der Waals surface area contributed by atoms with Gasteiger partial charge in [0.1, 0.15) is 12.2 Å². The minimum atomic E-state index is -0.294. The van der Waals surface area contributed by atoms with Gasteiger partial charge in [-0.25, -0.2) is 9.67 Å². The molecule has 0 radical (unpaired) electrons. The average Bonchev–Trinajstić information content (AvgIpc) is 2.48. The monoisotopic (exact) mass is 171 g/mol. The second-order valence-corrected chi connectivity index (χ2v) is 3.04. The van der Waals surface area contributed by atoms with Gasteiger partial charge in [0.15, 0.2) is 0 Å². The molecule has 0 fully saturated rings. The normalized spacial score (nSPS) is 11.0. The van der Waals surface area contributed by atoms with Crippen LogP contribution in [-0.4, -0.2) is 21.4 Å². The molecule has 1 aromatic heterocycles. The summed E-state index contributed by atoms with van der Waals surface area (Å²) in [4.78, 5) is 4.10. The second-order valence-electron chi connectivity index (χ2n) is 3.04. The van der Waals surface area contributed by atoms with Crippen LogP contribution in [0.2, 0.25) is 0 Å². The van der Waals surface area contributed by atoms with Crippen molar-refractivity contribution in [2.45, 2.75) is 32.7 Å². The number of nitrogens with zero attached hydrogens (tertiary/aromatic N) is 3. The molecule has 3 nitrogen and oxygen atoms in total. The van der Waals surface area contributed by atoms with Crippen LogP contribution in [-0.2, 0) is 6.54 Å². The standard InChI is InChI=1S/C8H14FN3/c1-7(2)8-10-6-11-12(8)5-3-4-9/h6-7H,3-5H2,1-2H3. The van der Waals surface area contributed by atoms with E-state index in [1.54, 1.807) is 4.68 Å². The maximum atomic E-state index is 11.9. The van der Waals surface area contributed by atoms with Crippen LogP contribution >= 0.6 is 0 Å². The van der Waals surface area contributed by atoms with Gasteiger partial charge in [-0.1, -0.05) is 13.8 Å². The number of aryl methyl sites for hydroxylation is 1. The van der Waals surface area contributed by atoms with Crippen molar-refractivity contribution in [3.8, 4) is 0 Å². The molecule has 0 bridgehead atoms. The van der Waals surface area contributed by atoms with Gasteiger partial charge in [-0.2, -0.15) is 5.10 Å². The van der Waals surface area contributed by atoms with Crippen molar-refractivity contribution < 1.29 is 4.39 Å². The largest absolute Gasteiger partial charge is 0.251 e. The maximum absolute atomic E-state index is 11.9. The van der Waals surface area contributed by atoms with E-state index in [2.05, 4.69) is 23.9 Å². The molecule has 0 amide bonds. The Morgan fingerprint density at radius 3 is 2.92 bits per heavy atom. The van der Waals surface area contributed by atoms with Gasteiger partial charge >= 0.3 is 0 Å². The van der Waals surface area contributed by atoms with Crippen LogP contribution in [0, 0.1) is 0 Å². The van der Waals surface area contributed by atoms with Gasteiger partial charge in [0.05, 0.1) is 6.67 Å². The Balaban J connectivity index is 2.64. The fourth-order valence-corrected chi connectivity index (χ4v) is 1.10. The van der Waals surface area contributed by atoms with E-state index in [0.29, 0.717) is 18.9 Å². The van der Waals surface area contributed by atoms with E-state index < -0.39 is 0 Å². The van der Waals surface area contributed by atoms with Crippen LogP contribution in [0.15, 0.2) is 6.33 Å². The molecule has 12 heavy (non-hydrogen) atoms. The van der Waals surface area contributed by atoms with Crippen molar-refractivity contribution in [1.29, 1.82) is 0 Å². The summed E-state index contributed by atoms with van der Waals surface area (Å²) in [6.07, 6.45) is 2.04. The van der Waals surface area contributed by atoms with Gasteiger partial charge in [0.25, 0.3) is 0 Å². The molecule has 1 rings (SSSR count). The van der Waals surface area contributed by atoms with E-state index in [1.165, 1.54) is 6.33 Å². The Morgan fingerprint density at radius 1 is 1.58 bits per heavy atom. The number of aromatic nitrogens is 3. The van der Waals surface area contributed by atoms with E-state index in [0.717, 1.165) is 5.82 Å². The number of hydrogen-bond donors (Lipinski definition) is 0. The van der Waals surface area contributed by atoms with Crippen molar-refractivity contribution in [3.05, 3.63) is 12.2 Å². The summed E-state index contributed by atoms with van der Waals surface area (Å²) in [6.45, 7) is 4.44. The molecule has 0 spiro atoms. The van der Waals surface area contributed by atoms with Gasteiger partial charge in [-0.05, 0) is 6.42 Å². The fourth-order valence-electron chi connectivity index (χ4n) is 1.10. The Kier molecular flexibility index (Phi) is 3.19. The number of rotatable bonds is 4. The molecule has 1 heterocycles. The molecule has 68 valence electrons. The Labute approximate surface area is 71.6 Å². The Morgan fingerprint density at radius 2 is 2.33 bits per heavy atom. The van der Waals surface area contributed by atoms with Gasteiger partial charge in [0.2, 0.25) is 0 Å². The first kappa shape index (κ1) is 9.16. The lowest BCUT2D eigenvalue weighted by atomic mass is 10.2. The summed E-state index contributed by atoms with van der Waals surface area (Å²) in [6, 6.07) is 0. The predicted molar refractivity (Wildman–Crippen MR) is 44.7 cm³/mol. The Bertz CT molecular complexity index is 232. The molecule has 0 N–H and O–H groups in total. The summed E-state index contributed by atoms with van der Waals surface area (Å²) in [7, 11) is 0. The highest BCUT2D eigenvalue weighted by atomic mass is 19.1. The van der Waals surface area contributed by atoms with Gasteiger partial charge in [-0.3, -0.25) is 4.39 Å². The van der Waals surface area contributed by atoms with Crippen molar-refractivity contribution in [2.24, 2.45) is 0 Å². The van der Waals surface area contributed by atoms with E-state index >= 15 is 0 Å². The molecule has 0 unspecified atom stereocenters. The zero-order chi connectivity index (χ0) is 8.97. The summed E-state index contributed by atoms with van der Waals surface area (Å²) in [5, 5.41) is 4.01. The smallest absolute Gasteiger partial charge is 0.138 e. The van der Waals surface area contributed by atoms with Crippen molar-refractivity contribution in [1.82, 2.24) is 14.8 Å². The Hall–Kier alpha value is -0.930. The third-order valence-electron chi connectivity index (χ3n) is 1.67. The number of hydrogen-bond acceptors (Lipinski definition) is 2. The lowest BCUT2D eigenvalue weighted by Crippen LogP contribution is -2.07. The molecule has 0 saturated heterocycles. The molecule has 0 aliphatic rings. The van der Waals surface area contributed by atoms with Crippen LogP contribution in [0.4, 0.5) is 4.39 Å². The first-order valence-corrected chi connectivity index (χ1v) is 4.19. The molecule has 0 atom stereocenters. The average molecular weight is 171 g/mol. The first-order chi connectivity index (χ1) is 5.75. The van der Waals surface area contributed by atoms with Crippen LogP contribution in [0.3, 0.4) is 0 Å². The highest BCUT2D eigenvalue weighted by molar-refractivity contribution is 4.90. The molecule has 4 heteroatoms. The number of alkyl halides is 1. The minimum absolute atomic E-state index is 0.294. The highest BCUT2D eigenvalue weighted by Crippen LogP contribution is 2.09. The quantitative estimate of drug-likeness (QED) is 0.691. The number of halogens is 1. The lowest BCUT2D eigenvalue weighted by molar-refractivity contribution is 0.426. The predicted octanol–water partition coefficient (Wildman–Crippen LogP) is 1.76. The van der Waals surface area contributed by atoms with Gasteiger partial charge in [-0.15, -0.1) is 0 Å². The van der Waals surface area contributed by atoms with Crippen LogP contribution in [0.1, 0.15) is 32.0 Å². The highest BCUT2D eigenvalue weighted by Gasteiger charge is 2.07. The molecule has 0 aliphatic carbocycles. The van der Waals surface area contributed by atoms with Crippen LogP contribution in [0.5, 0.6) is 0 Å². The molecule has 1 aromatic rings. The summed E-state index contributed by atoms with van der Waals surface area (Å²) in [5.41, 5.74) is 0. The van der Waals surface area contributed by atoms with E-state index in [-0.39, 0.29) is 6.67 Å². The first-order valence-electron chi connectivity index (χ1n) is 4.19. The topological polar surface area (TPSA) is 30.7 Å². The zero-order valence-corrected chi connectivity index (χ0v) is 7.50. The third-order valence-corrected chi connectivity index (χ3v) is 1.67. The third kappa shape index (κ3) is 2.03. The van der Waals surface area contributed by atoms with E-state index in [9.17, 15) is 4.39 Å². The molecular weight excluding hydrogens is 157 g/mol. The second kappa shape index (κ2) is 4.18. The molecular formula is C8H14FN3. The SMILES string of the molecule is CC(C)c1ncnn1CCCF. The van der Waals surface area contributed by atoms with E-state index in [1.807, 2.05) is 0 Å². The van der Waals surface area contributed by atoms with Gasteiger partial charge in [0, 0.05) is 12.5 Å². The van der Waals surface area contributed by atoms with Crippen molar-refractivity contribution in [3.63, 3.8) is 0 Å². The van der Waals surface area contributed by atoms with Crippen LogP contribution < -0.4 is 0 Å². The summed E-state index contributed by atoms with van der Waals surface area (Å²) >= 11 is 0. The molecule has 0 saturated carbocycles. The van der Waals surface area contributed by atoms with Crippen molar-refractivity contribution >= 4 is 0 Å². The fraction of sp³-hybridized carbons (Fsp3) is 0.750. The molecule has 0 aromatic carbocycles. The lowest BCUT2D eigenvalue weighted by Gasteiger charge is -2.06. The minimum Gasteiger partial charge on any atom is -0.251 e. The van der Waals surface area contributed by atoms with Crippen LogP contribution in [0.25, 0.3) is 0 Å². The maximum Gasteiger partial charge on any atom is 0.138 e. The van der Waals surface area contributed by atoms with Crippen molar-refractivity contribution in [2.75, 3.05) is 6.67 Å². The van der Waals surface area contributed by atoms with Gasteiger partial charge < -0.3 is 0 Å². The summed E-state index contributed by atoms with van der Waals surface area (Å²) in [5.74, 6) is 1.29.